The third-order valence-corrected chi connectivity index (χ3v) is 5.01. The maximum absolute atomic E-state index is 5.76. The van der Waals surface area contributed by atoms with Gasteiger partial charge in [0.2, 0.25) is 0 Å². The maximum atomic E-state index is 5.76. The Bertz CT molecular complexity index is 157. The van der Waals surface area contributed by atoms with Crippen LogP contribution in [0.3, 0.4) is 0 Å². The van der Waals surface area contributed by atoms with Crippen molar-refractivity contribution in [2.24, 2.45) is 11.5 Å². The van der Waals surface area contributed by atoms with Gasteiger partial charge < -0.3 is 30.1 Å². The zero-order valence-corrected chi connectivity index (χ0v) is 12.0. The first-order valence-electron chi connectivity index (χ1n) is 6.09. The van der Waals surface area contributed by atoms with E-state index < -0.39 is 8.80 Å². The van der Waals surface area contributed by atoms with Crippen LogP contribution < -0.4 is 16.8 Å². The second-order valence-electron chi connectivity index (χ2n) is 3.75. The minimum atomic E-state index is -2.54. The van der Waals surface area contributed by atoms with Crippen LogP contribution in [0.1, 0.15) is 19.3 Å². The van der Waals surface area contributed by atoms with E-state index in [-0.39, 0.29) is 0 Å². The fourth-order valence-electron chi connectivity index (χ4n) is 1.34. The minimum absolute atomic E-state index is 0.614. The summed E-state index contributed by atoms with van der Waals surface area (Å²) in [5.41, 5.74) is 10.8. The highest BCUT2D eigenvalue weighted by molar-refractivity contribution is 6.60. The molecule has 0 aromatic rings. The largest absolute Gasteiger partial charge is 0.514 e. The summed E-state index contributed by atoms with van der Waals surface area (Å²) in [6, 6.07) is 0. The van der Waals surface area contributed by atoms with E-state index in [2.05, 4.69) is 5.32 Å². The van der Waals surface area contributed by atoms with Crippen molar-refractivity contribution >= 4 is 8.80 Å². The van der Waals surface area contributed by atoms with Crippen molar-refractivity contribution in [3.8, 4) is 0 Å². The van der Waals surface area contributed by atoms with Gasteiger partial charge in [-0.1, -0.05) is 0 Å². The number of rotatable bonds is 12. The van der Waals surface area contributed by atoms with Crippen LogP contribution in [0.4, 0.5) is 0 Å². The van der Waals surface area contributed by atoms with Crippen LogP contribution in [0.2, 0.25) is 0 Å². The molecule has 0 unspecified atom stereocenters. The fourth-order valence-corrected chi connectivity index (χ4v) is 3.07. The van der Waals surface area contributed by atoms with Crippen LogP contribution in [0.15, 0.2) is 0 Å². The van der Waals surface area contributed by atoms with E-state index in [0.29, 0.717) is 25.9 Å². The first kappa shape index (κ1) is 17.0. The summed E-state index contributed by atoms with van der Waals surface area (Å²) in [7, 11) is 0.720. The summed E-state index contributed by atoms with van der Waals surface area (Å²) in [5, 5.41) is 3.25. The predicted octanol–water partition coefficient (Wildman–Crippen LogP) is -0.549. The minimum Gasteiger partial charge on any atom is -0.376 e. The molecule has 0 aliphatic carbocycles. The normalized spacial score (nSPS) is 12.0. The molecule has 0 saturated carbocycles. The van der Waals surface area contributed by atoms with Gasteiger partial charge in [0.15, 0.2) is 0 Å². The smallest absolute Gasteiger partial charge is 0.376 e. The number of nitrogens with one attached hydrogen (secondary N) is 1. The molecule has 0 aliphatic heterocycles. The number of hydrogen-bond donors (Lipinski definition) is 3. The monoisotopic (exact) mass is 265 g/mol. The molecule has 0 rings (SSSR count). The van der Waals surface area contributed by atoms with Crippen LogP contribution in [0, 0.1) is 0 Å². The van der Waals surface area contributed by atoms with Crippen molar-refractivity contribution in [2.45, 2.75) is 19.3 Å². The van der Waals surface area contributed by atoms with Gasteiger partial charge in [-0.05, 0) is 38.9 Å². The van der Waals surface area contributed by atoms with Gasteiger partial charge in [0.25, 0.3) is 0 Å². The second kappa shape index (κ2) is 11.1. The van der Waals surface area contributed by atoms with E-state index in [1.54, 1.807) is 14.2 Å². The third kappa shape index (κ3) is 7.82. The summed E-state index contributed by atoms with van der Waals surface area (Å²) < 4.78 is 16.6. The summed E-state index contributed by atoms with van der Waals surface area (Å²) in [5.74, 6) is 0. The molecule has 0 aromatic heterocycles. The van der Waals surface area contributed by atoms with E-state index in [0.717, 1.165) is 25.8 Å². The van der Waals surface area contributed by atoms with Crippen molar-refractivity contribution in [2.75, 3.05) is 46.6 Å². The predicted molar refractivity (Wildman–Crippen MR) is 70.6 cm³/mol. The van der Waals surface area contributed by atoms with Crippen LogP contribution in [-0.4, -0.2) is 55.4 Å². The molecule has 6 nitrogen and oxygen atoms in total. The first-order valence-corrected chi connectivity index (χ1v) is 8.03. The maximum Gasteiger partial charge on any atom is 0.514 e. The highest BCUT2D eigenvalue weighted by Gasteiger charge is 2.38. The van der Waals surface area contributed by atoms with Crippen molar-refractivity contribution in [1.29, 1.82) is 0 Å². The van der Waals surface area contributed by atoms with Gasteiger partial charge in [0, 0.05) is 20.8 Å². The van der Waals surface area contributed by atoms with Gasteiger partial charge in [0.05, 0.1) is 6.17 Å². The Labute approximate surface area is 105 Å². The van der Waals surface area contributed by atoms with Crippen LogP contribution >= 0.6 is 0 Å². The van der Waals surface area contributed by atoms with Gasteiger partial charge in [-0.2, -0.15) is 0 Å². The van der Waals surface area contributed by atoms with Gasteiger partial charge in [-0.3, -0.25) is 0 Å². The Morgan fingerprint density at radius 2 is 1.65 bits per heavy atom. The Balaban J connectivity index is 3.88. The van der Waals surface area contributed by atoms with Crippen LogP contribution in [-0.2, 0) is 13.3 Å². The molecule has 0 heterocycles. The van der Waals surface area contributed by atoms with Gasteiger partial charge >= 0.3 is 8.80 Å². The second-order valence-corrected chi connectivity index (χ2v) is 6.58. The summed E-state index contributed by atoms with van der Waals surface area (Å²) in [4.78, 5) is 0. The van der Waals surface area contributed by atoms with E-state index in [1.165, 1.54) is 0 Å². The van der Waals surface area contributed by atoms with Gasteiger partial charge in [0.1, 0.15) is 0 Å². The van der Waals surface area contributed by atoms with Gasteiger partial charge in [-0.25, -0.2) is 0 Å². The molecule has 17 heavy (non-hydrogen) atoms. The Morgan fingerprint density at radius 3 is 2.18 bits per heavy atom. The van der Waals surface area contributed by atoms with E-state index in [9.17, 15) is 0 Å². The molecule has 0 atom stereocenters. The van der Waals surface area contributed by atoms with E-state index in [4.69, 9.17) is 24.7 Å². The molecular weight excluding hydrogens is 238 g/mol. The molecule has 5 N–H and O–H groups in total. The standard InChI is InChI=1S/C10H27N3O3Si/c1-14-17(15-2,10-13-8-5-7-12)16-9-4-3-6-11/h13H,3-12H2,1-2H3. The lowest BCUT2D eigenvalue weighted by atomic mass is 10.3. The van der Waals surface area contributed by atoms with Crippen molar-refractivity contribution in [1.82, 2.24) is 5.32 Å². The van der Waals surface area contributed by atoms with Crippen LogP contribution in [0.25, 0.3) is 0 Å². The van der Waals surface area contributed by atoms with E-state index >= 15 is 0 Å². The molecule has 7 heteroatoms. The quantitative estimate of drug-likeness (QED) is 0.324. The average Bonchev–Trinajstić information content (AvgIpc) is 2.37. The lowest BCUT2D eigenvalue weighted by Gasteiger charge is -2.26. The van der Waals surface area contributed by atoms with Gasteiger partial charge in [-0.15, -0.1) is 0 Å². The summed E-state index contributed by atoms with van der Waals surface area (Å²) in [6.45, 7) is 2.85. The summed E-state index contributed by atoms with van der Waals surface area (Å²) >= 11 is 0. The SMILES string of the molecule is CO[Si](CNCCCN)(OC)OCCCCN. The zero-order valence-electron chi connectivity index (χ0n) is 11.0. The van der Waals surface area contributed by atoms with Crippen molar-refractivity contribution < 1.29 is 13.3 Å². The number of unbranched alkanes of at least 4 members (excludes halogenated alkanes) is 1. The fraction of sp³-hybridized carbons (Fsp3) is 1.00. The Morgan fingerprint density at radius 1 is 1.00 bits per heavy atom. The molecule has 0 fully saturated rings. The highest BCUT2D eigenvalue weighted by atomic mass is 28.4. The molecule has 0 amide bonds. The molecular formula is C10H27N3O3Si. The molecule has 0 saturated heterocycles. The first-order chi connectivity index (χ1) is 8.24. The highest BCUT2D eigenvalue weighted by Crippen LogP contribution is 2.07. The van der Waals surface area contributed by atoms with E-state index in [1.807, 2.05) is 0 Å². The number of hydrogen-bond acceptors (Lipinski definition) is 6. The Hall–Kier alpha value is -0.0231. The summed E-state index contributed by atoms with van der Waals surface area (Å²) in [6.07, 6.45) is 3.44. The average molecular weight is 265 g/mol. The molecule has 0 aliphatic rings. The molecule has 0 radical (unpaired) electrons. The van der Waals surface area contributed by atoms with Crippen LogP contribution in [0.5, 0.6) is 0 Å². The lowest BCUT2D eigenvalue weighted by Crippen LogP contribution is -2.53. The molecule has 0 aromatic carbocycles. The third-order valence-electron chi connectivity index (χ3n) is 2.44. The van der Waals surface area contributed by atoms with Crippen molar-refractivity contribution in [3.63, 3.8) is 0 Å². The lowest BCUT2D eigenvalue weighted by molar-refractivity contribution is 0.0953. The Kier molecular flexibility index (Phi) is 11.1. The molecule has 104 valence electrons. The molecule has 0 spiro atoms. The molecule has 0 bridgehead atoms. The zero-order chi connectivity index (χ0) is 13.0. The number of nitrogens with two attached hydrogens (primary N) is 2. The van der Waals surface area contributed by atoms with Crippen molar-refractivity contribution in [3.05, 3.63) is 0 Å². The topological polar surface area (TPSA) is 91.8 Å².